The van der Waals surface area contributed by atoms with Crippen LogP contribution in [0.2, 0.25) is 0 Å². The Morgan fingerprint density at radius 3 is 2.24 bits per heavy atom. The maximum atomic E-state index is 13.0. The van der Waals surface area contributed by atoms with Crippen molar-refractivity contribution in [2.45, 2.75) is 6.61 Å². The standard InChI is InChI=1S/C22H15FN4O7/c23-12-5-7-13(8-6-12)33-9-14-25-19(27-34-14)11-3-1-10(2-4-11)15-16(21(29)30)18(24)26-20(28)17(15)22(31)32/h1-8H,9H2,(H,29,30)(H,31,32)(H3,24,26,28). The van der Waals surface area contributed by atoms with Gasteiger partial charge in [-0.2, -0.15) is 4.98 Å². The summed E-state index contributed by atoms with van der Waals surface area (Å²) in [6, 6.07) is 11.2. The van der Waals surface area contributed by atoms with E-state index in [9.17, 15) is 29.0 Å². The zero-order chi connectivity index (χ0) is 24.4. The van der Waals surface area contributed by atoms with Crippen LogP contribution in [0.4, 0.5) is 10.2 Å². The van der Waals surface area contributed by atoms with Crippen LogP contribution in [0.1, 0.15) is 26.6 Å². The molecule has 0 saturated heterocycles. The number of aromatic nitrogens is 3. The molecule has 0 amide bonds. The summed E-state index contributed by atoms with van der Waals surface area (Å²) in [4.78, 5) is 41.8. The summed E-state index contributed by atoms with van der Waals surface area (Å²) in [5.74, 6) is -3.23. The van der Waals surface area contributed by atoms with E-state index in [-0.39, 0.29) is 29.4 Å². The van der Waals surface area contributed by atoms with Crippen LogP contribution in [0.3, 0.4) is 0 Å². The summed E-state index contributed by atoms with van der Waals surface area (Å²) in [6.45, 7) is -0.0628. The predicted octanol–water partition coefficient (Wildman–Crippen LogP) is 2.79. The Labute approximate surface area is 189 Å². The Balaban J connectivity index is 1.62. The highest BCUT2D eigenvalue weighted by Gasteiger charge is 2.26. The van der Waals surface area contributed by atoms with Gasteiger partial charge in [0.1, 0.15) is 28.5 Å². The first-order chi connectivity index (χ1) is 16.2. The van der Waals surface area contributed by atoms with E-state index in [4.69, 9.17) is 15.0 Å². The number of nitrogens with two attached hydrogens (primary N) is 1. The number of hydrogen-bond acceptors (Lipinski definition) is 8. The van der Waals surface area contributed by atoms with Crippen molar-refractivity contribution in [3.8, 4) is 28.3 Å². The number of anilines is 1. The van der Waals surface area contributed by atoms with Crippen LogP contribution in [-0.4, -0.2) is 37.3 Å². The maximum absolute atomic E-state index is 13.0. The van der Waals surface area contributed by atoms with Gasteiger partial charge in [0.2, 0.25) is 5.82 Å². The number of rotatable bonds is 7. The minimum atomic E-state index is -1.60. The molecule has 11 nitrogen and oxygen atoms in total. The van der Waals surface area contributed by atoms with E-state index in [1.54, 1.807) is 0 Å². The molecule has 172 valence electrons. The van der Waals surface area contributed by atoms with E-state index in [0.717, 1.165) is 0 Å². The minimum Gasteiger partial charge on any atom is -0.484 e. The quantitative estimate of drug-likeness (QED) is 0.316. The number of halogens is 1. The van der Waals surface area contributed by atoms with Crippen molar-refractivity contribution in [1.29, 1.82) is 0 Å². The van der Waals surface area contributed by atoms with Gasteiger partial charge in [-0.3, -0.25) is 4.79 Å². The van der Waals surface area contributed by atoms with Gasteiger partial charge in [-0.25, -0.2) is 14.0 Å². The third-order valence-corrected chi connectivity index (χ3v) is 4.75. The lowest BCUT2D eigenvalue weighted by molar-refractivity contribution is 0.0695. The van der Waals surface area contributed by atoms with Gasteiger partial charge in [-0.15, -0.1) is 0 Å². The minimum absolute atomic E-state index is 0.0628. The molecule has 2 aromatic carbocycles. The Morgan fingerprint density at radius 2 is 1.62 bits per heavy atom. The topological polar surface area (TPSA) is 182 Å². The molecule has 0 aliphatic carbocycles. The second-order valence-corrected chi connectivity index (χ2v) is 6.93. The van der Waals surface area contributed by atoms with Crippen LogP contribution >= 0.6 is 0 Å². The highest BCUT2D eigenvalue weighted by molar-refractivity contribution is 6.07. The molecular formula is C22H15FN4O7. The van der Waals surface area contributed by atoms with Gasteiger partial charge in [-0.05, 0) is 29.8 Å². The Bertz CT molecular complexity index is 1440. The lowest BCUT2D eigenvalue weighted by atomic mass is 9.94. The van der Waals surface area contributed by atoms with Gasteiger partial charge >= 0.3 is 11.9 Å². The summed E-state index contributed by atoms with van der Waals surface area (Å²) in [7, 11) is 0. The second-order valence-electron chi connectivity index (χ2n) is 6.93. The number of nitrogen functional groups attached to an aromatic ring is 1. The molecule has 0 saturated carbocycles. The first kappa shape index (κ1) is 22.2. The SMILES string of the molecule is Nc1[nH]c(=O)c(C(=O)O)c(-c2ccc(-c3noc(COc4ccc(F)cc4)n3)cc2)c1C(=O)O. The number of carboxylic acid groups (broad SMARTS) is 2. The van der Waals surface area contributed by atoms with Crippen LogP contribution in [-0.2, 0) is 6.61 Å². The van der Waals surface area contributed by atoms with E-state index >= 15 is 0 Å². The molecule has 34 heavy (non-hydrogen) atoms. The van der Waals surface area contributed by atoms with Crippen molar-refractivity contribution in [3.05, 3.63) is 81.7 Å². The third-order valence-electron chi connectivity index (χ3n) is 4.75. The van der Waals surface area contributed by atoms with Crippen LogP contribution in [0.5, 0.6) is 5.75 Å². The van der Waals surface area contributed by atoms with Crippen LogP contribution in [0, 0.1) is 5.82 Å². The van der Waals surface area contributed by atoms with E-state index in [2.05, 4.69) is 10.1 Å². The third kappa shape index (κ3) is 4.32. The first-order valence-electron chi connectivity index (χ1n) is 9.58. The van der Waals surface area contributed by atoms with E-state index in [0.29, 0.717) is 11.3 Å². The molecule has 0 bridgehead atoms. The molecule has 0 atom stereocenters. The predicted molar refractivity (Wildman–Crippen MR) is 115 cm³/mol. The number of nitrogens with one attached hydrogen (secondary N) is 1. The number of carboxylic acids is 2. The van der Waals surface area contributed by atoms with Gasteiger partial charge in [0.05, 0.1) is 0 Å². The lowest BCUT2D eigenvalue weighted by Gasteiger charge is -2.12. The molecule has 0 spiro atoms. The Morgan fingerprint density at radius 1 is 1.00 bits per heavy atom. The molecule has 12 heteroatoms. The summed E-state index contributed by atoms with van der Waals surface area (Å²) in [5, 5.41) is 22.8. The van der Waals surface area contributed by atoms with Crippen molar-refractivity contribution >= 4 is 17.8 Å². The normalized spacial score (nSPS) is 10.7. The molecule has 2 aromatic heterocycles. The first-order valence-corrected chi connectivity index (χ1v) is 9.58. The van der Waals surface area contributed by atoms with Crippen LogP contribution in [0.15, 0.2) is 57.8 Å². The highest BCUT2D eigenvalue weighted by Crippen LogP contribution is 2.30. The van der Waals surface area contributed by atoms with Gasteiger partial charge in [0.15, 0.2) is 6.61 Å². The van der Waals surface area contributed by atoms with E-state index in [1.807, 2.05) is 4.98 Å². The van der Waals surface area contributed by atoms with Crippen molar-refractivity contribution in [2.24, 2.45) is 0 Å². The number of ether oxygens (including phenoxy) is 1. The molecule has 4 rings (SSSR count). The maximum Gasteiger partial charge on any atom is 0.342 e. The molecule has 0 radical (unpaired) electrons. The van der Waals surface area contributed by atoms with Crippen molar-refractivity contribution in [3.63, 3.8) is 0 Å². The summed E-state index contributed by atoms with van der Waals surface area (Å²) < 4.78 is 23.5. The van der Waals surface area contributed by atoms with Gasteiger partial charge < -0.3 is 30.2 Å². The average Bonchev–Trinajstić information content (AvgIpc) is 3.27. The van der Waals surface area contributed by atoms with Crippen molar-refractivity contribution < 1.29 is 33.5 Å². The number of H-pyrrole nitrogens is 1. The van der Waals surface area contributed by atoms with Crippen molar-refractivity contribution in [2.75, 3.05) is 5.73 Å². The van der Waals surface area contributed by atoms with Gasteiger partial charge in [-0.1, -0.05) is 29.4 Å². The molecule has 0 aliphatic heterocycles. The van der Waals surface area contributed by atoms with Gasteiger partial charge in [0.25, 0.3) is 11.4 Å². The molecule has 0 aliphatic rings. The zero-order valence-electron chi connectivity index (χ0n) is 17.1. The zero-order valence-corrected chi connectivity index (χ0v) is 17.1. The fraction of sp³-hybridized carbons (Fsp3) is 0.0455. The molecule has 0 fully saturated rings. The van der Waals surface area contributed by atoms with E-state index < -0.39 is 40.3 Å². The van der Waals surface area contributed by atoms with Gasteiger partial charge in [0, 0.05) is 11.1 Å². The summed E-state index contributed by atoms with van der Waals surface area (Å²) in [5.41, 5.74) is 3.60. The number of carbonyl (C=O) groups is 2. The van der Waals surface area contributed by atoms with Crippen LogP contribution in [0.25, 0.3) is 22.5 Å². The number of benzene rings is 2. The number of aromatic carboxylic acids is 2. The molecule has 2 heterocycles. The summed E-state index contributed by atoms with van der Waals surface area (Å²) in [6.07, 6.45) is 0. The van der Waals surface area contributed by atoms with Crippen LogP contribution < -0.4 is 16.0 Å². The molecule has 5 N–H and O–H groups in total. The average molecular weight is 466 g/mol. The number of pyridine rings is 1. The fourth-order valence-corrected chi connectivity index (χ4v) is 3.23. The molecular weight excluding hydrogens is 451 g/mol. The second kappa shape index (κ2) is 8.86. The summed E-state index contributed by atoms with van der Waals surface area (Å²) >= 11 is 0. The highest BCUT2D eigenvalue weighted by atomic mass is 19.1. The monoisotopic (exact) mass is 466 g/mol. The number of aromatic amines is 1. The molecule has 4 aromatic rings. The van der Waals surface area contributed by atoms with Crippen molar-refractivity contribution in [1.82, 2.24) is 15.1 Å². The number of hydrogen-bond donors (Lipinski definition) is 4. The Hall–Kier alpha value is -5.00. The largest absolute Gasteiger partial charge is 0.484 e. The lowest BCUT2D eigenvalue weighted by Crippen LogP contribution is -2.24. The molecule has 0 unspecified atom stereocenters. The smallest absolute Gasteiger partial charge is 0.342 e. The number of nitrogens with zero attached hydrogens (tertiary/aromatic N) is 2. The Kier molecular flexibility index (Phi) is 5.79. The van der Waals surface area contributed by atoms with E-state index in [1.165, 1.54) is 48.5 Å². The fourth-order valence-electron chi connectivity index (χ4n) is 3.23.